The zero-order valence-electron chi connectivity index (χ0n) is 30.7. The molecule has 10 nitrogen and oxygen atoms in total. The van der Waals surface area contributed by atoms with Crippen LogP contribution in [0.3, 0.4) is 0 Å². The fourth-order valence-corrected chi connectivity index (χ4v) is 9.92. The van der Waals surface area contributed by atoms with Crippen molar-refractivity contribution in [2.24, 2.45) is 17.8 Å². The third-order valence-corrected chi connectivity index (χ3v) is 14.1. The molecule has 2 amide bonds. The van der Waals surface area contributed by atoms with Crippen molar-refractivity contribution in [2.75, 3.05) is 50.7 Å². The average Bonchev–Trinajstić information content (AvgIpc) is 3.11. The number of aliphatic hydroxyl groups is 1. The fourth-order valence-electron chi connectivity index (χ4n) is 8.41. The van der Waals surface area contributed by atoms with Crippen molar-refractivity contribution in [2.45, 2.75) is 89.6 Å². The second-order valence-electron chi connectivity index (χ2n) is 15.3. The normalized spacial score (nSPS) is 28.8. The summed E-state index contributed by atoms with van der Waals surface area (Å²) in [6.07, 6.45) is 6.19. The van der Waals surface area contributed by atoms with E-state index < -0.39 is 26.8 Å². The SMILES string of the molecule is CC#CCN1CCN(C[C@]2(O)CCC[C@H](C)[C@@H](C)S(=O)(=O)NC(=O)c3ccc4c(c3)N(CCCCc3cc(Cl)ccc3CO4)C[C@@H]3CC[C@H]32)CC1=O. The van der Waals surface area contributed by atoms with E-state index in [9.17, 15) is 23.1 Å². The standard InChI is InChI=1S/C40H53ClN4O6S/c1-4-5-18-44-21-20-43(25-38(44)46)27-40(48)17-8-9-28(2)29(3)52(49,50)42-39(47)31-13-16-37-36(23-31)45(24-32-12-15-35(32)40)19-7-6-10-30-22-34(41)14-11-33(30)26-51-37/h11,13-14,16,22-23,28-29,32,35,48H,6-10,12,15,17-21,24-27H2,1-3H3,(H,42,47)/t28-,29+,32-,35+,40+/m0/s1. The third-order valence-electron chi connectivity index (χ3n) is 11.9. The van der Waals surface area contributed by atoms with E-state index in [1.54, 1.807) is 36.9 Å². The minimum Gasteiger partial charge on any atom is -0.487 e. The number of hydrogen-bond donors (Lipinski definition) is 2. The van der Waals surface area contributed by atoms with Gasteiger partial charge in [-0.3, -0.25) is 14.5 Å². The summed E-state index contributed by atoms with van der Waals surface area (Å²) in [4.78, 5) is 32.8. The van der Waals surface area contributed by atoms with Crippen LogP contribution in [0, 0.1) is 29.6 Å². The van der Waals surface area contributed by atoms with Gasteiger partial charge in [-0.15, -0.1) is 5.92 Å². The molecule has 2 N–H and O–H groups in total. The Bertz CT molecular complexity index is 1810. The predicted octanol–water partition coefficient (Wildman–Crippen LogP) is 5.25. The predicted molar refractivity (Wildman–Crippen MR) is 204 cm³/mol. The molecule has 0 aromatic heterocycles. The first-order valence-corrected chi connectivity index (χ1v) is 20.8. The van der Waals surface area contributed by atoms with E-state index in [1.165, 1.54) is 0 Å². The Morgan fingerprint density at radius 3 is 2.60 bits per heavy atom. The van der Waals surface area contributed by atoms with Crippen LogP contribution in [0.25, 0.3) is 0 Å². The van der Waals surface area contributed by atoms with Crippen molar-refractivity contribution in [3.8, 4) is 17.6 Å². The number of rotatable bonds is 3. The molecule has 12 heteroatoms. The lowest BCUT2D eigenvalue weighted by Crippen LogP contribution is -2.59. The van der Waals surface area contributed by atoms with Crippen LogP contribution in [0.15, 0.2) is 36.4 Å². The summed E-state index contributed by atoms with van der Waals surface area (Å²) < 4.78 is 35.9. The van der Waals surface area contributed by atoms with Gasteiger partial charge in [-0.1, -0.05) is 36.9 Å². The molecular formula is C40H53ClN4O6S. The number of amides is 2. The molecule has 2 aromatic rings. The number of carbonyl (C=O) groups excluding carboxylic acids is 2. The molecule has 282 valence electrons. The number of sulfonamides is 1. The molecule has 1 aliphatic carbocycles. The van der Waals surface area contributed by atoms with Crippen molar-refractivity contribution >= 4 is 39.1 Å². The summed E-state index contributed by atoms with van der Waals surface area (Å²) in [6, 6.07) is 11.0. The molecule has 3 aliphatic heterocycles. The van der Waals surface area contributed by atoms with Gasteiger partial charge in [0.2, 0.25) is 15.9 Å². The molecule has 52 heavy (non-hydrogen) atoms. The molecule has 2 fully saturated rings. The molecule has 3 heterocycles. The van der Waals surface area contributed by atoms with Crippen LogP contribution in [0.1, 0.15) is 87.2 Å². The number of hydrogen-bond acceptors (Lipinski definition) is 8. The molecule has 2 aromatic carbocycles. The molecule has 1 saturated carbocycles. The van der Waals surface area contributed by atoms with Gasteiger partial charge >= 0.3 is 0 Å². The highest BCUT2D eigenvalue weighted by molar-refractivity contribution is 7.90. The Balaban J connectivity index is 1.34. The highest BCUT2D eigenvalue weighted by Crippen LogP contribution is 2.46. The number of anilines is 1. The molecule has 4 aliphatic rings. The van der Waals surface area contributed by atoms with Crippen molar-refractivity contribution < 1.29 is 27.9 Å². The van der Waals surface area contributed by atoms with Crippen LogP contribution in [-0.2, 0) is 27.8 Å². The molecule has 0 spiro atoms. The number of nitrogens with one attached hydrogen (secondary N) is 1. The fraction of sp³-hybridized carbons (Fsp3) is 0.600. The summed E-state index contributed by atoms with van der Waals surface area (Å²) in [6.45, 7) is 9.25. The average molecular weight is 753 g/mol. The van der Waals surface area contributed by atoms with Gasteiger partial charge in [-0.25, -0.2) is 13.1 Å². The summed E-state index contributed by atoms with van der Waals surface area (Å²) >= 11 is 6.37. The Kier molecular flexibility index (Phi) is 12.1. The van der Waals surface area contributed by atoms with E-state index in [-0.39, 0.29) is 35.8 Å². The van der Waals surface area contributed by atoms with Gasteiger partial charge in [0.25, 0.3) is 5.91 Å². The number of benzene rings is 2. The molecule has 0 radical (unpaired) electrons. The number of ether oxygens (including phenoxy) is 1. The zero-order valence-corrected chi connectivity index (χ0v) is 32.3. The van der Waals surface area contributed by atoms with Crippen LogP contribution in [0.5, 0.6) is 5.75 Å². The first-order valence-electron chi connectivity index (χ1n) is 18.8. The molecule has 1 saturated heterocycles. The van der Waals surface area contributed by atoms with E-state index in [0.717, 1.165) is 48.9 Å². The number of piperazine rings is 1. The lowest BCUT2D eigenvalue weighted by molar-refractivity contribution is -0.141. The minimum absolute atomic E-state index is 0.00334. The molecule has 2 bridgehead atoms. The highest BCUT2D eigenvalue weighted by atomic mass is 35.5. The van der Waals surface area contributed by atoms with Crippen LogP contribution >= 0.6 is 11.6 Å². The number of carbonyl (C=O) groups is 2. The molecule has 6 rings (SSSR count). The van der Waals surface area contributed by atoms with Crippen LogP contribution < -0.4 is 14.4 Å². The van der Waals surface area contributed by atoms with Gasteiger partial charge in [0, 0.05) is 43.3 Å². The maximum atomic E-state index is 13.6. The van der Waals surface area contributed by atoms with Gasteiger partial charge in [-0.2, -0.15) is 0 Å². The molecular weight excluding hydrogens is 700 g/mol. The first-order chi connectivity index (χ1) is 24.9. The van der Waals surface area contributed by atoms with Gasteiger partial charge in [0.15, 0.2) is 0 Å². The quantitative estimate of drug-likeness (QED) is 0.408. The number of nitrogens with zero attached hydrogens (tertiary/aromatic N) is 3. The maximum Gasteiger partial charge on any atom is 0.264 e. The maximum absolute atomic E-state index is 13.6. The minimum atomic E-state index is -3.99. The van der Waals surface area contributed by atoms with Crippen LogP contribution in [-0.4, -0.2) is 91.8 Å². The Hall–Kier alpha value is -3.30. The highest BCUT2D eigenvalue weighted by Gasteiger charge is 2.48. The smallest absolute Gasteiger partial charge is 0.264 e. The van der Waals surface area contributed by atoms with E-state index in [2.05, 4.69) is 26.4 Å². The lowest BCUT2D eigenvalue weighted by atomic mass is 9.62. The Morgan fingerprint density at radius 1 is 1.02 bits per heavy atom. The Morgan fingerprint density at radius 2 is 1.85 bits per heavy atom. The molecule has 5 atom stereocenters. The number of aryl methyl sites for hydroxylation is 1. The van der Waals surface area contributed by atoms with Crippen LogP contribution in [0.2, 0.25) is 5.02 Å². The second-order valence-corrected chi connectivity index (χ2v) is 17.8. The third kappa shape index (κ3) is 8.73. The van der Waals surface area contributed by atoms with Crippen molar-refractivity contribution in [3.05, 3.63) is 58.1 Å². The van der Waals surface area contributed by atoms with Crippen LogP contribution in [0.4, 0.5) is 5.69 Å². The largest absolute Gasteiger partial charge is 0.487 e. The lowest BCUT2D eigenvalue weighted by Gasteiger charge is -2.51. The first kappa shape index (κ1) is 38.4. The Labute approximate surface area is 314 Å². The van der Waals surface area contributed by atoms with E-state index in [4.69, 9.17) is 16.3 Å². The monoisotopic (exact) mass is 752 g/mol. The van der Waals surface area contributed by atoms with Gasteiger partial charge < -0.3 is 19.6 Å². The van der Waals surface area contributed by atoms with Crippen molar-refractivity contribution in [1.82, 2.24) is 14.5 Å². The zero-order chi connectivity index (χ0) is 37.0. The van der Waals surface area contributed by atoms with Crippen molar-refractivity contribution in [1.29, 1.82) is 0 Å². The number of fused-ring (bicyclic) bond motifs is 3. The van der Waals surface area contributed by atoms with Gasteiger partial charge in [0.05, 0.1) is 29.6 Å². The summed E-state index contributed by atoms with van der Waals surface area (Å²) in [5.74, 6) is 5.76. The second kappa shape index (κ2) is 16.4. The number of β-amino-alcohol motifs (C(OH)–C–C–N with tert-alkyl or cyclic N) is 1. The van der Waals surface area contributed by atoms with E-state index in [1.807, 2.05) is 25.1 Å². The molecule has 0 unspecified atom stereocenters. The summed E-state index contributed by atoms with van der Waals surface area (Å²) in [7, 11) is -3.99. The van der Waals surface area contributed by atoms with Gasteiger partial charge in [-0.05, 0) is 118 Å². The number of halogens is 1. The topological polar surface area (TPSA) is 119 Å². The van der Waals surface area contributed by atoms with Gasteiger partial charge in [0.1, 0.15) is 12.4 Å². The van der Waals surface area contributed by atoms with E-state index in [0.29, 0.717) is 75.9 Å². The summed E-state index contributed by atoms with van der Waals surface area (Å²) in [5.41, 5.74) is 2.14. The van der Waals surface area contributed by atoms with Crippen molar-refractivity contribution in [3.63, 3.8) is 0 Å². The van der Waals surface area contributed by atoms with E-state index >= 15 is 0 Å². The summed E-state index contributed by atoms with van der Waals surface area (Å²) in [5, 5.41) is 12.6.